The van der Waals surface area contributed by atoms with Crippen LogP contribution in [0.5, 0.6) is 0 Å². The summed E-state index contributed by atoms with van der Waals surface area (Å²) in [5.41, 5.74) is 1.29. The molecule has 0 radical (unpaired) electrons. The number of methoxy groups -OCH3 is 1. The van der Waals surface area contributed by atoms with Gasteiger partial charge in [0.15, 0.2) is 5.16 Å². The number of thiophene rings is 1. The van der Waals surface area contributed by atoms with Gasteiger partial charge in [-0.15, -0.1) is 21.5 Å². The van der Waals surface area contributed by atoms with Gasteiger partial charge in [-0.3, -0.25) is 4.79 Å². The first kappa shape index (κ1) is 15.5. The van der Waals surface area contributed by atoms with E-state index in [1.165, 1.54) is 22.2 Å². The average molecular weight is 338 g/mol. The summed E-state index contributed by atoms with van der Waals surface area (Å²) in [4.78, 5) is 15.7. The average Bonchev–Trinajstić information content (AvgIpc) is 3.18. The number of aromatic nitrogens is 3. The Bertz CT molecular complexity index is 640. The minimum absolute atomic E-state index is 0.156. The van der Waals surface area contributed by atoms with E-state index in [0.717, 1.165) is 24.7 Å². The van der Waals surface area contributed by atoms with Gasteiger partial charge in [-0.1, -0.05) is 11.8 Å². The normalized spacial score (nSPS) is 14.1. The SMILES string of the molecule is COCCn1cnnc1SCC(=O)N1CCc2sccc2C1. The van der Waals surface area contributed by atoms with Gasteiger partial charge < -0.3 is 14.2 Å². The number of nitrogens with zero attached hydrogens (tertiary/aromatic N) is 4. The third-order valence-corrected chi connectivity index (χ3v) is 5.59. The topological polar surface area (TPSA) is 60.2 Å². The molecule has 0 atom stereocenters. The Morgan fingerprint density at radius 3 is 3.32 bits per heavy atom. The lowest BCUT2D eigenvalue weighted by atomic mass is 10.1. The number of rotatable bonds is 6. The fraction of sp³-hybridized carbons (Fsp3) is 0.500. The first-order valence-corrected chi connectivity index (χ1v) is 8.97. The van der Waals surface area contributed by atoms with Crippen molar-refractivity contribution in [2.75, 3.05) is 26.0 Å². The zero-order chi connectivity index (χ0) is 15.4. The van der Waals surface area contributed by atoms with E-state index in [0.29, 0.717) is 18.9 Å². The van der Waals surface area contributed by atoms with Crippen LogP contribution < -0.4 is 0 Å². The van der Waals surface area contributed by atoms with E-state index in [2.05, 4.69) is 21.6 Å². The molecule has 2 aromatic rings. The number of carbonyl (C=O) groups is 1. The smallest absolute Gasteiger partial charge is 0.233 e. The molecule has 3 heterocycles. The molecule has 1 aliphatic heterocycles. The maximum Gasteiger partial charge on any atom is 0.233 e. The van der Waals surface area contributed by atoms with E-state index in [9.17, 15) is 4.79 Å². The van der Waals surface area contributed by atoms with E-state index < -0.39 is 0 Å². The van der Waals surface area contributed by atoms with Gasteiger partial charge in [-0.25, -0.2) is 0 Å². The largest absolute Gasteiger partial charge is 0.383 e. The zero-order valence-electron chi connectivity index (χ0n) is 12.4. The van der Waals surface area contributed by atoms with Crippen LogP contribution in [0.2, 0.25) is 0 Å². The second-order valence-corrected chi connectivity index (χ2v) is 6.97. The van der Waals surface area contributed by atoms with Crippen molar-refractivity contribution in [1.29, 1.82) is 0 Å². The van der Waals surface area contributed by atoms with Crippen molar-refractivity contribution in [3.8, 4) is 0 Å². The molecule has 1 aliphatic rings. The first-order chi connectivity index (χ1) is 10.8. The quantitative estimate of drug-likeness (QED) is 0.750. The number of hydrogen-bond acceptors (Lipinski definition) is 6. The highest BCUT2D eigenvalue weighted by atomic mass is 32.2. The number of amides is 1. The van der Waals surface area contributed by atoms with Gasteiger partial charge in [0, 0.05) is 31.6 Å². The molecule has 1 amide bonds. The van der Waals surface area contributed by atoms with Crippen molar-refractivity contribution >= 4 is 29.0 Å². The molecule has 8 heteroatoms. The highest BCUT2D eigenvalue weighted by molar-refractivity contribution is 7.99. The lowest BCUT2D eigenvalue weighted by Crippen LogP contribution is -2.36. The maximum atomic E-state index is 12.4. The second kappa shape index (κ2) is 7.26. The van der Waals surface area contributed by atoms with Crippen LogP contribution in [0, 0.1) is 0 Å². The molecule has 0 N–H and O–H groups in total. The lowest BCUT2D eigenvalue weighted by Gasteiger charge is -2.26. The molecule has 0 saturated heterocycles. The molecular weight excluding hydrogens is 320 g/mol. The van der Waals surface area contributed by atoms with Gasteiger partial charge in [0.1, 0.15) is 6.33 Å². The summed E-state index contributed by atoms with van der Waals surface area (Å²) in [5.74, 6) is 0.550. The molecule has 0 fully saturated rings. The van der Waals surface area contributed by atoms with Gasteiger partial charge >= 0.3 is 0 Å². The van der Waals surface area contributed by atoms with Crippen LogP contribution >= 0.6 is 23.1 Å². The predicted molar refractivity (Wildman–Crippen MR) is 86.1 cm³/mol. The number of fused-ring (bicyclic) bond motifs is 1. The van der Waals surface area contributed by atoms with Gasteiger partial charge in [-0.2, -0.15) is 0 Å². The summed E-state index contributed by atoms with van der Waals surface area (Å²) in [7, 11) is 1.66. The lowest BCUT2D eigenvalue weighted by molar-refractivity contribution is -0.129. The van der Waals surface area contributed by atoms with Crippen molar-refractivity contribution in [2.45, 2.75) is 24.7 Å². The van der Waals surface area contributed by atoms with E-state index in [4.69, 9.17) is 4.74 Å². The molecule has 118 valence electrons. The van der Waals surface area contributed by atoms with Crippen molar-refractivity contribution in [1.82, 2.24) is 19.7 Å². The Morgan fingerprint density at radius 1 is 1.55 bits per heavy atom. The monoisotopic (exact) mass is 338 g/mol. The van der Waals surface area contributed by atoms with Crippen molar-refractivity contribution in [3.63, 3.8) is 0 Å². The first-order valence-electron chi connectivity index (χ1n) is 7.10. The second-order valence-electron chi connectivity index (χ2n) is 5.02. The van der Waals surface area contributed by atoms with Crippen molar-refractivity contribution in [2.24, 2.45) is 0 Å². The van der Waals surface area contributed by atoms with E-state index in [-0.39, 0.29) is 5.91 Å². The summed E-state index contributed by atoms with van der Waals surface area (Å²) in [6.07, 6.45) is 2.64. The Labute approximate surface area is 137 Å². The van der Waals surface area contributed by atoms with E-state index in [1.807, 2.05) is 9.47 Å². The third kappa shape index (κ3) is 3.50. The zero-order valence-corrected chi connectivity index (χ0v) is 14.0. The molecule has 6 nitrogen and oxygen atoms in total. The van der Waals surface area contributed by atoms with Crippen LogP contribution in [-0.2, 0) is 29.0 Å². The van der Waals surface area contributed by atoms with Gasteiger partial charge in [0.2, 0.25) is 5.91 Å². The summed E-state index contributed by atoms with van der Waals surface area (Å²) in [5, 5.41) is 10.8. The molecule has 0 bridgehead atoms. The Hall–Kier alpha value is -1.38. The van der Waals surface area contributed by atoms with Crippen LogP contribution in [0.4, 0.5) is 0 Å². The molecule has 0 spiro atoms. The van der Waals surface area contributed by atoms with Gasteiger partial charge in [0.25, 0.3) is 0 Å². The predicted octanol–water partition coefficient (Wildman–Crippen LogP) is 1.66. The molecular formula is C14H18N4O2S2. The third-order valence-electron chi connectivity index (χ3n) is 3.60. The number of thioether (sulfide) groups is 1. The van der Waals surface area contributed by atoms with Crippen LogP contribution in [0.15, 0.2) is 22.9 Å². The number of hydrogen-bond donors (Lipinski definition) is 0. The summed E-state index contributed by atoms with van der Waals surface area (Å²) in [6, 6.07) is 2.12. The minimum Gasteiger partial charge on any atom is -0.383 e. The fourth-order valence-corrected chi connectivity index (χ4v) is 4.11. The van der Waals surface area contributed by atoms with E-state index in [1.54, 1.807) is 24.8 Å². The Morgan fingerprint density at radius 2 is 2.45 bits per heavy atom. The molecule has 0 saturated carbocycles. The number of ether oxygens (including phenoxy) is 1. The Balaban J connectivity index is 1.54. The molecule has 22 heavy (non-hydrogen) atoms. The van der Waals surface area contributed by atoms with Gasteiger partial charge in [-0.05, 0) is 23.4 Å². The molecule has 0 aromatic carbocycles. The summed E-state index contributed by atoms with van der Waals surface area (Å²) < 4.78 is 6.97. The van der Waals surface area contributed by atoms with Crippen LogP contribution in [0.1, 0.15) is 10.4 Å². The van der Waals surface area contributed by atoms with Crippen molar-refractivity contribution < 1.29 is 9.53 Å². The molecule has 2 aromatic heterocycles. The molecule has 0 aliphatic carbocycles. The van der Waals surface area contributed by atoms with Crippen LogP contribution in [0.25, 0.3) is 0 Å². The Kier molecular flexibility index (Phi) is 5.12. The van der Waals surface area contributed by atoms with E-state index >= 15 is 0 Å². The fourth-order valence-electron chi connectivity index (χ4n) is 2.38. The maximum absolute atomic E-state index is 12.4. The standard InChI is InChI=1S/C14H18N4O2S2/c1-20-6-5-18-10-15-16-14(18)22-9-13(19)17-4-2-12-11(8-17)3-7-21-12/h3,7,10H,2,4-6,8-9H2,1H3. The highest BCUT2D eigenvalue weighted by Crippen LogP contribution is 2.25. The minimum atomic E-state index is 0.156. The molecule has 3 rings (SSSR count). The molecule has 0 unspecified atom stereocenters. The van der Waals surface area contributed by atoms with Crippen molar-refractivity contribution in [3.05, 3.63) is 28.2 Å². The summed E-state index contributed by atoms with van der Waals surface area (Å²) in [6.45, 7) is 2.84. The van der Waals surface area contributed by atoms with Crippen LogP contribution in [-0.4, -0.2) is 51.6 Å². The van der Waals surface area contributed by atoms with Crippen LogP contribution in [0.3, 0.4) is 0 Å². The number of carbonyl (C=O) groups excluding carboxylic acids is 1. The van der Waals surface area contributed by atoms with Gasteiger partial charge in [0.05, 0.1) is 12.4 Å². The summed E-state index contributed by atoms with van der Waals surface area (Å²) >= 11 is 3.22. The highest BCUT2D eigenvalue weighted by Gasteiger charge is 2.21.